The number of nitrogens with two attached hydrogens (primary N) is 1. The van der Waals surface area contributed by atoms with Crippen LogP contribution in [0, 0.1) is 0 Å². The molecule has 0 saturated carbocycles. The third-order valence-electron chi connectivity index (χ3n) is 2.13. The molecule has 0 bridgehead atoms. The highest BCUT2D eigenvalue weighted by Crippen LogP contribution is 2.26. The third-order valence-corrected chi connectivity index (χ3v) is 2.13. The fraction of sp³-hybridized carbons (Fsp3) is 0.417. The molecule has 0 unspecified atom stereocenters. The number of esters is 1. The van der Waals surface area contributed by atoms with Gasteiger partial charge in [0.1, 0.15) is 12.2 Å². The van der Waals surface area contributed by atoms with Crippen molar-refractivity contribution < 1.29 is 19.0 Å². The predicted octanol–water partition coefficient (Wildman–Crippen LogP) is 1.47. The number of hydrogen-bond donors (Lipinski definition) is 1. The molecule has 0 radical (unpaired) electrons. The molecule has 0 aliphatic carbocycles. The maximum Gasteiger partial charge on any atom is 0.341 e. The van der Waals surface area contributed by atoms with Crippen LogP contribution in [0.15, 0.2) is 18.2 Å². The van der Waals surface area contributed by atoms with E-state index >= 15 is 0 Å². The van der Waals surface area contributed by atoms with E-state index < -0.39 is 5.97 Å². The Hall–Kier alpha value is -1.75. The number of hydrogen-bond acceptors (Lipinski definition) is 5. The molecule has 0 aliphatic rings. The number of carbonyl (C=O) groups is 1. The largest absolute Gasteiger partial charge is 0.488 e. The molecule has 0 fully saturated rings. The number of para-hydroxylation sites is 1. The summed E-state index contributed by atoms with van der Waals surface area (Å²) in [6.07, 6.45) is 0. The Morgan fingerprint density at radius 3 is 2.76 bits per heavy atom. The molecule has 0 amide bonds. The van der Waals surface area contributed by atoms with Crippen LogP contribution in [-0.4, -0.2) is 32.9 Å². The van der Waals surface area contributed by atoms with Gasteiger partial charge in [-0.1, -0.05) is 6.07 Å². The van der Waals surface area contributed by atoms with Crippen molar-refractivity contribution in [3.63, 3.8) is 0 Å². The van der Waals surface area contributed by atoms with Gasteiger partial charge in [0.2, 0.25) is 0 Å². The zero-order chi connectivity index (χ0) is 12.7. The fourth-order valence-electron chi connectivity index (χ4n) is 1.33. The molecular weight excluding hydrogens is 222 g/mol. The van der Waals surface area contributed by atoms with Crippen molar-refractivity contribution in [1.82, 2.24) is 0 Å². The average Bonchev–Trinajstić information content (AvgIpc) is 2.35. The van der Waals surface area contributed by atoms with Crippen LogP contribution in [0.5, 0.6) is 5.75 Å². The highest BCUT2D eigenvalue weighted by atomic mass is 16.5. The minimum atomic E-state index is -0.469. The van der Waals surface area contributed by atoms with Crippen LogP contribution in [0.2, 0.25) is 0 Å². The Morgan fingerprint density at radius 2 is 2.12 bits per heavy atom. The molecule has 1 aromatic rings. The second-order valence-electron chi connectivity index (χ2n) is 3.26. The number of anilines is 1. The van der Waals surface area contributed by atoms with Gasteiger partial charge in [-0.15, -0.1) is 0 Å². The third kappa shape index (κ3) is 3.64. The summed E-state index contributed by atoms with van der Waals surface area (Å²) in [6, 6.07) is 4.96. The van der Waals surface area contributed by atoms with E-state index in [1.807, 2.05) is 6.92 Å². The van der Waals surface area contributed by atoms with Crippen LogP contribution in [0.4, 0.5) is 5.69 Å². The van der Waals surface area contributed by atoms with Gasteiger partial charge in [-0.25, -0.2) is 4.79 Å². The van der Waals surface area contributed by atoms with E-state index in [1.165, 1.54) is 7.11 Å². The molecule has 1 rings (SSSR count). The summed E-state index contributed by atoms with van der Waals surface area (Å²) in [7, 11) is 1.31. The minimum absolute atomic E-state index is 0.323. The lowest BCUT2D eigenvalue weighted by atomic mass is 10.2. The highest BCUT2D eigenvalue weighted by molar-refractivity contribution is 5.94. The summed E-state index contributed by atoms with van der Waals surface area (Å²) < 4.78 is 15.2. The smallest absolute Gasteiger partial charge is 0.341 e. The highest BCUT2D eigenvalue weighted by Gasteiger charge is 2.15. The quantitative estimate of drug-likeness (QED) is 0.462. The molecule has 94 valence electrons. The lowest BCUT2D eigenvalue weighted by Crippen LogP contribution is -2.11. The van der Waals surface area contributed by atoms with Gasteiger partial charge in [-0.2, -0.15) is 0 Å². The van der Waals surface area contributed by atoms with Crippen molar-refractivity contribution in [3.05, 3.63) is 23.8 Å². The van der Waals surface area contributed by atoms with E-state index in [9.17, 15) is 4.79 Å². The van der Waals surface area contributed by atoms with Gasteiger partial charge in [0.15, 0.2) is 5.75 Å². The second kappa shape index (κ2) is 6.75. The topological polar surface area (TPSA) is 70.8 Å². The van der Waals surface area contributed by atoms with Crippen LogP contribution < -0.4 is 10.5 Å². The molecular formula is C12H17NO4. The first-order valence-electron chi connectivity index (χ1n) is 5.38. The summed E-state index contributed by atoms with van der Waals surface area (Å²) >= 11 is 0. The molecule has 0 saturated heterocycles. The van der Waals surface area contributed by atoms with Crippen molar-refractivity contribution in [3.8, 4) is 5.75 Å². The Labute approximate surface area is 100 Å². The minimum Gasteiger partial charge on any atom is -0.488 e. The van der Waals surface area contributed by atoms with E-state index in [-0.39, 0.29) is 0 Å². The monoisotopic (exact) mass is 239 g/mol. The van der Waals surface area contributed by atoms with Crippen molar-refractivity contribution in [2.75, 3.05) is 32.7 Å². The molecule has 5 heteroatoms. The molecule has 0 aliphatic heterocycles. The Bertz CT molecular complexity index is 379. The molecule has 5 nitrogen and oxygen atoms in total. The predicted molar refractivity (Wildman–Crippen MR) is 64.2 cm³/mol. The summed E-state index contributed by atoms with van der Waals surface area (Å²) in [6.45, 7) is 3.31. The molecule has 0 aromatic heterocycles. The zero-order valence-electron chi connectivity index (χ0n) is 10.1. The number of methoxy groups -OCH3 is 1. The van der Waals surface area contributed by atoms with Gasteiger partial charge < -0.3 is 19.9 Å². The van der Waals surface area contributed by atoms with E-state index in [1.54, 1.807) is 18.2 Å². The van der Waals surface area contributed by atoms with Gasteiger partial charge >= 0.3 is 5.97 Å². The van der Waals surface area contributed by atoms with E-state index in [0.717, 1.165) is 0 Å². The number of ether oxygens (including phenoxy) is 3. The normalized spacial score (nSPS) is 10.0. The lowest BCUT2D eigenvalue weighted by molar-refractivity contribution is 0.0592. The molecule has 17 heavy (non-hydrogen) atoms. The number of carbonyl (C=O) groups excluding carboxylic acids is 1. The summed E-state index contributed by atoms with van der Waals surface area (Å²) in [5.41, 5.74) is 6.49. The van der Waals surface area contributed by atoms with Gasteiger partial charge in [0, 0.05) is 6.61 Å². The maximum absolute atomic E-state index is 11.5. The van der Waals surface area contributed by atoms with Gasteiger partial charge in [-0.3, -0.25) is 0 Å². The molecule has 1 aromatic carbocycles. The average molecular weight is 239 g/mol. The Kier molecular flexibility index (Phi) is 5.29. The van der Waals surface area contributed by atoms with Crippen LogP contribution in [0.3, 0.4) is 0 Å². The van der Waals surface area contributed by atoms with Gasteiger partial charge in [-0.05, 0) is 19.1 Å². The maximum atomic E-state index is 11.5. The molecule has 0 heterocycles. The summed E-state index contributed by atoms with van der Waals surface area (Å²) in [4.78, 5) is 11.5. The first-order valence-corrected chi connectivity index (χ1v) is 5.38. The molecule has 0 spiro atoms. The first kappa shape index (κ1) is 13.3. The van der Waals surface area contributed by atoms with Crippen LogP contribution in [0.1, 0.15) is 17.3 Å². The molecule has 2 N–H and O–H groups in total. The van der Waals surface area contributed by atoms with Crippen molar-refractivity contribution in [2.24, 2.45) is 0 Å². The van der Waals surface area contributed by atoms with Crippen molar-refractivity contribution >= 4 is 11.7 Å². The van der Waals surface area contributed by atoms with Gasteiger partial charge in [0.05, 0.1) is 19.4 Å². The number of rotatable bonds is 6. The van der Waals surface area contributed by atoms with E-state index in [4.69, 9.17) is 15.2 Å². The Balaban J connectivity index is 2.77. The Morgan fingerprint density at radius 1 is 1.35 bits per heavy atom. The van der Waals surface area contributed by atoms with Crippen molar-refractivity contribution in [2.45, 2.75) is 6.92 Å². The first-order chi connectivity index (χ1) is 8.20. The van der Waals surface area contributed by atoms with Crippen molar-refractivity contribution in [1.29, 1.82) is 0 Å². The zero-order valence-corrected chi connectivity index (χ0v) is 10.1. The SMILES string of the molecule is CCOCCOc1c(N)cccc1C(=O)OC. The van der Waals surface area contributed by atoms with E-state index in [2.05, 4.69) is 4.74 Å². The van der Waals surface area contributed by atoms with Crippen LogP contribution in [0.25, 0.3) is 0 Å². The lowest BCUT2D eigenvalue weighted by Gasteiger charge is -2.12. The van der Waals surface area contributed by atoms with Crippen LogP contribution in [-0.2, 0) is 9.47 Å². The van der Waals surface area contributed by atoms with E-state index in [0.29, 0.717) is 36.8 Å². The standard InChI is InChI=1S/C12H17NO4/c1-3-16-7-8-17-11-9(12(14)15-2)5-4-6-10(11)13/h4-6H,3,7-8,13H2,1-2H3. The molecule has 0 atom stereocenters. The van der Waals surface area contributed by atoms with Gasteiger partial charge in [0.25, 0.3) is 0 Å². The summed E-state index contributed by atoms with van der Waals surface area (Å²) in [5.74, 6) is -0.122. The number of benzene rings is 1. The second-order valence-corrected chi connectivity index (χ2v) is 3.26. The summed E-state index contributed by atoms with van der Waals surface area (Å²) in [5, 5.41) is 0. The number of nitrogen functional groups attached to an aromatic ring is 1. The fourth-order valence-corrected chi connectivity index (χ4v) is 1.33. The van der Waals surface area contributed by atoms with Crippen LogP contribution >= 0.6 is 0 Å².